The van der Waals surface area contributed by atoms with Crippen molar-refractivity contribution >= 4 is 11.5 Å². The van der Waals surface area contributed by atoms with Crippen molar-refractivity contribution in [2.24, 2.45) is 0 Å². The lowest BCUT2D eigenvalue weighted by molar-refractivity contribution is -0.116. The summed E-state index contributed by atoms with van der Waals surface area (Å²) in [4.78, 5) is 12.7. The lowest BCUT2D eigenvalue weighted by atomic mass is 9.98. The van der Waals surface area contributed by atoms with E-state index in [0.29, 0.717) is 0 Å². The Labute approximate surface area is 160 Å². The Morgan fingerprint density at radius 3 is 2.00 bits per heavy atom. The van der Waals surface area contributed by atoms with Crippen molar-refractivity contribution in [1.29, 1.82) is 0 Å². The fourth-order valence-corrected chi connectivity index (χ4v) is 2.97. The van der Waals surface area contributed by atoms with Crippen molar-refractivity contribution in [3.63, 3.8) is 0 Å². The highest BCUT2D eigenvalue weighted by atomic mass is 16.5. The molecular formula is C24H23NO2. The number of amides is 1. The summed E-state index contributed by atoms with van der Waals surface area (Å²) >= 11 is 0. The van der Waals surface area contributed by atoms with Gasteiger partial charge in [-0.1, -0.05) is 72.8 Å². The predicted octanol–water partition coefficient (Wildman–Crippen LogP) is 5.00. The van der Waals surface area contributed by atoms with Crippen LogP contribution in [-0.2, 0) is 4.79 Å². The number of allylic oxidation sites excluding steroid dienone is 1. The smallest absolute Gasteiger partial charge is 0.245 e. The van der Waals surface area contributed by atoms with Gasteiger partial charge in [0.2, 0.25) is 5.91 Å². The average Bonchev–Trinajstić information content (AvgIpc) is 2.73. The molecule has 0 aliphatic heterocycles. The van der Waals surface area contributed by atoms with E-state index in [1.807, 2.05) is 91.9 Å². The highest BCUT2D eigenvalue weighted by Gasteiger charge is 2.16. The lowest BCUT2D eigenvalue weighted by Crippen LogP contribution is -2.27. The van der Waals surface area contributed by atoms with Gasteiger partial charge in [0.15, 0.2) is 0 Å². The third-order valence-corrected chi connectivity index (χ3v) is 4.45. The van der Waals surface area contributed by atoms with Crippen molar-refractivity contribution < 1.29 is 9.53 Å². The fourth-order valence-electron chi connectivity index (χ4n) is 2.97. The first kappa shape index (κ1) is 18.5. The van der Waals surface area contributed by atoms with Gasteiger partial charge in [0.25, 0.3) is 0 Å². The molecule has 1 N–H and O–H groups in total. The first-order valence-electron chi connectivity index (χ1n) is 8.90. The third-order valence-electron chi connectivity index (χ3n) is 4.45. The standard InChI is InChI=1S/C24H23NO2/c1-18(19-9-5-3-6-10-19)17-23(26)25-24(20-11-7-4-8-12-20)21-13-15-22(27-2)16-14-21/h3-17,24H,1-2H3,(H,25,26)/b18-17-/t24-/m1/s1. The molecule has 0 bridgehead atoms. The van der Waals surface area contributed by atoms with E-state index in [2.05, 4.69) is 5.32 Å². The van der Waals surface area contributed by atoms with Crippen molar-refractivity contribution in [2.75, 3.05) is 7.11 Å². The Morgan fingerprint density at radius 2 is 1.41 bits per heavy atom. The zero-order valence-electron chi connectivity index (χ0n) is 15.6. The molecule has 0 radical (unpaired) electrons. The van der Waals surface area contributed by atoms with Crippen LogP contribution in [0, 0.1) is 0 Å². The van der Waals surface area contributed by atoms with Crippen LogP contribution in [0.25, 0.3) is 5.57 Å². The van der Waals surface area contributed by atoms with Crippen LogP contribution in [-0.4, -0.2) is 13.0 Å². The van der Waals surface area contributed by atoms with Crippen LogP contribution in [0.3, 0.4) is 0 Å². The Balaban J connectivity index is 1.86. The second-order valence-electron chi connectivity index (χ2n) is 6.32. The predicted molar refractivity (Wildman–Crippen MR) is 110 cm³/mol. The maximum absolute atomic E-state index is 12.7. The first-order chi connectivity index (χ1) is 13.2. The Hall–Kier alpha value is -3.33. The molecule has 3 aromatic rings. The van der Waals surface area contributed by atoms with E-state index >= 15 is 0 Å². The van der Waals surface area contributed by atoms with Crippen LogP contribution in [0.1, 0.15) is 29.7 Å². The maximum atomic E-state index is 12.7. The van der Waals surface area contributed by atoms with E-state index in [9.17, 15) is 4.79 Å². The number of ether oxygens (including phenoxy) is 1. The SMILES string of the molecule is COc1ccc([C@H](NC(=O)/C=C(/C)c2ccccc2)c2ccccc2)cc1. The number of carbonyl (C=O) groups is 1. The molecule has 3 aromatic carbocycles. The number of rotatable bonds is 6. The van der Waals surface area contributed by atoms with Gasteiger partial charge in [-0.15, -0.1) is 0 Å². The van der Waals surface area contributed by atoms with Gasteiger partial charge in [-0.2, -0.15) is 0 Å². The highest BCUT2D eigenvalue weighted by Crippen LogP contribution is 2.24. The molecule has 0 aliphatic carbocycles. The van der Waals surface area contributed by atoms with Crippen LogP contribution in [0.2, 0.25) is 0 Å². The minimum atomic E-state index is -0.232. The van der Waals surface area contributed by atoms with Crippen LogP contribution in [0.4, 0.5) is 0 Å². The zero-order valence-corrected chi connectivity index (χ0v) is 15.6. The van der Waals surface area contributed by atoms with Crippen molar-refractivity contribution in [2.45, 2.75) is 13.0 Å². The molecule has 0 saturated heterocycles. The molecule has 0 aromatic heterocycles. The second-order valence-corrected chi connectivity index (χ2v) is 6.32. The van der Waals surface area contributed by atoms with E-state index < -0.39 is 0 Å². The number of hydrogen-bond donors (Lipinski definition) is 1. The summed E-state index contributed by atoms with van der Waals surface area (Å²) in [6.07, 6.45) is 1.65. The molecular weight excluding hydrogens is 334 g/mol. The van der Waals surface area contributed by atoms with Crippen LogP contribution >= 0.6 is 0 Å². The van der Waals surface area contributed by atoms with E-state index in [4.69, 9.17) is 4.74 Å². The molecule has 1 amide bonds. The summed E-state index contributed by atoms with van der Waals surface area (Å²) in [7, 11) is 1.64. The molecule has 0 heterocycles. The summed E-state index contributed by atoms with van der Waals surface area (Å²) in [5.41, 5.74) is 3.99. The minimum Gasteiger partial charge on any atom is -0.497 e. The summed E-state index contributed by atoms with van der Waals surface area (Å²) in [6, 6.07) is 27.4. The molecule has 1 atom stereocenters. The van der Waals surface area contributed by atoms with Gasteiger partial charge in [0, 0.05) is 6.08 Å². The quantitative estimate of drug-likeness (QED) is 0.630. The number of carbonyl (C=O) groups excluding carboxylic acids is 1. The second kappa shape index (κ2) is 8.86. The molecule has 3 nitrogen and oxygen atoms in total. The monoisotopic (exact) mass is 357 g/mol. The van der Waals surface area contributed by atoms with Gasteiger partial charge >= 0.3 is 0 Å². The molecule has 0 unspecified atom stereocenters. The van der Waals surface area contributed by atoms with Crippen molar-refractivity contribution in [1.82, 2.24) is 5.32 Å². The minimum absolute atomic E-state index is 0.124. The average molecular weight is 357 g/mol. The summed E-state index contributed by atoms with van der Waals surface area (Å²) < 4.78 is 5.24. The molecule has 136 valence electrons. The Kier molecular flexibility index (Phi) is 6.06. The normalized spacial score (nSPS) is 12.3. The summed E-state index contributed by atoms with van der Waals surface area (Å²) in [5.74, 6) is 0.665. The van der Waals surface area contributed by atoms with Crippen LogP contribution < -0.4 is 10.1 Å². The lowest BCUT2D eigenvalue weighted by Gasteiger charge is -2.19. The maximum Gasteiger partial charge on any atom is 0.245 e. The first-order valence-corrected chi connectivity index (χ1v) is 8.90. The van der Waals surface area contributed by atoms with Crippen molar-refractivity contribution in [3.05, 3.63) is 108 Å². The van der Waals surface area contributed by atoms with Gasteiger partial charge in [-0.05, 0) is 41.3 Å². The molecule has 27 heavy (non-hydrogen) atoms. The molecule has 0 spiro atoms. The number of benzene rings is 3. The largest absolute Gasteiger partial charge is 0.497 e. The van der Waals surface area contributed by atoms with Gasteiger partial charge in [-0.3, -0.25) is 4.79 Å². The Morgan fingerprint density at radius 1 is 0.852 bits per heavy atom. The van der Waals surface area contributed by atoms with Gasteiger partial charge in [0.1, 0.15) is 5.75 Å². The molecule has 0 aliphatic rings. The van der Waals surface area contributed by atoms with Gasteiger partial charge in [0.05, 0.1) is 13.2 Å². The topological polar surface area (TPSA) is 38.3 Å². The van der Waals surface area contributed by atoms with E-state index in [-0.39, 0.29) is 11.9 Å². The highest BCUT2D eigenvalue weighted by molar-refractivity contribution is 5.95. The van der Waals surface area contributed by atoms with E-state index in [1.54, 1.807) is 13.2 Å². The van der Waals surface area contributed by atoms with Gasteiger partial charge in [-0.25, -0.2) is 0 Å². The molecule has 3 heteroatoms. The number of nitrogens with one attached hydrogen (secondary N) is 1. The fraction of sp³-hybridized carbons (Fsp3) is 0.125. The number of hydrogen-bond acceptors (Lipinski definition) is 2. The molecule has 0 fully saturated rings. The van der Waals surface area contributed by atoms with E-state index in [0.717, 1.165) is 28.0 Å². The van der Waals surface area contributed by atoms with Crippen LogP contribution in [0.15, 0.2) is 91.0 Å². The van der Waals surface area contributed by atoms with Crippen molar-refractivity contribution in [3.8, 4) is 5.75 Å². The number of methoxy groups -OCH3 is 1. The summed E-state index contributed by atoms with van der Waals surface area (Å²) in [6.45, 7) is 1.94. The van der Waals surface area contributed by atoms with E-state index in [1.165, 1.54) is 0 Å². The third kappa shape index (κ3) is 4.85. The molecule has 0 saturated carbocycles. The Bertz CT molecular complexity index is 900. The van der Waals surface area contributed by atoms with Crippen LogP contribution in [0.5, 0.6) is 5.75 Å². The summed E-state index contributed by atoms with van der Waals surface area (Å²) in [5, 5.41) is 3.13. The van der Waals surface area contributed by atoms with Gasteiger partial charge < -0.3 is 10.1 Å². The molecule has 3 rings (SSSR count). The zero-order chi connectivity index (χ0) is 19.1.